The summed E-state index contributed by atoms with van der Waals surface area (Å²) in [7, 11) is -3.86. The second-order valence-corrected chi connectivity index (χ2v) is 7.82. The fraction of sp³-hybridized carbons (Fsp3) is 0.133. The predicted octanol–water partition coefficient (Wildman–Crippen LogP) is 3.95. The SMILES string of the molecule is C[C@@H](NS(=O)(=O)c1ccc(Cl)cc1)C(=O)Nc1cccc(Cl)c1Cl. The molecular weight excluding hydrogens is 395 g/mol. The summed E-state index contributed by atoms with van der Waals surface area (Å²) in [5.74, 6) is -0.572. The topological polar surface area (TPSA) is 75.3 Å². The van der Waals surface area contributed by atoms with Gasteiger partial charge in [-0.25, -0.2) is 8.42 Å². The molecule has 0 saturated heterocycles. The van der Waals surface area contributed by atoms with Gasteiger partial charge in [-0.3, -0.25) is 4.79 Å². The molecule has 2 rings (SSSR count). The first-order chi connectivity index (χ1) is 11.2. The van der Waals surface area contributed by atoms with E-state index in [0.29, 0.717) is 10.7 Å². The molecule has 0 spiro atoms. The van der Waals surface area contributed by atoms with Crippen LogP contribution in [0.5, 0.6) is 0 Å². The average molecular weight is 408 g/mol. The molecule has 24 heavy (non-hydrogen) atoms. The van der Waals surface area contributed by atoms with E-state index in [1.807, 2.05) is 0 Å². The first-order valence-electron chi connectivity index (χ1n) is 6.73. The van der Waals surface area contributed by atoms with Crippen molar-refractivity contribution < 1.29 is 13.2 Å². The summed E-state index contributed by atoms with van der Waals surface area (Å²) >= 11 is 17.6. The molecule has 0 aliphatic heterocycles. The molecule has 0 bridgehead atoms. The maximum absolute atomic E-state index is 12.3. The Labute approximate surface area is 155 Å². The van der Waals surface area contributed by atoms with Crippen LogP contribution in [-0.2, 0) is 14.8 Å². The molecule has 2 aromatic carbocycles. The molecule has 0 aliphatic carbocycles. The van der Waals surface area contributed by atoms with Gasteiger partial charge in [-0.2, -0.15) is 4.72 Å². The van der Waals surface area contributed by atoms with E-state index in [9.17, 15) is 13.2 Å². The molecule has 2 aromatic rings. The Bertz CT molecular complexity index is 855. The average Bonchev–Trinajstić information content (AvgIpc) is 2.51. The highest BCUT2D eigenvalue weighted by Crippen LogP contribution is 2.29. The number of benzene rings is 2. The number of rotatable bonds is 5. The van der Waals surface area contributed by atoms with E-state index in [1.165, 1.54) is 31.2 Å². The van der Waals surface area contributed by atoms with Gasteiger partial charge in [-0.1, -0.05) is 40.9 Å². The van der Waals surface area contributed by atoms with Crippen molar-refractivity contribution in [2.75, 3.05) is 5.32 Å². The minimum absolute atomic E-state index is 0.00679. The van der Waals surface area contributed by atoms with Gasteiger partial charge in [0.05, 0.1) is 26.7 Å². The predicted molar refractivity (Wildman–Crippen MR) is 96.3 cm³/mol. The zero-order valence-electron chi connectivity index (χ0n) is 12.4. The second kappa shape index (κ2) is 7.72. The zero-order valence-corrected chi connectivity index (χ0v) is 15.5. The summed E-state index contributed by atoms with van der Waals surface area (Å²) in [6.45, 7) is 1.42. The second-order valence-electron chi connectivity index (χ2n) is 4.89. The monoisotopic (exact) mass is 406 g/mol. The van der Waals surface area contributed by atoms with Gasteiger partial charge in [0, 0.05) is 5.02 Å². The van der Waals surface area contributed by atoms with Gasteiger partial charge < -0.3 is 5.32 Å². The van der Waals surface area contributed by atoms with Crippen molar-refractivity contribution in [2.24, 2.45) is 0 Å². The van der Waals surface area contributed by atoms with Crippen LogP contribution in [0, 0.1) is 0 Å². The number of amides is 1. The van der Waals surface area contributed by atoms with Crippen LogP contribution in [0.15, 0.2) is 47.4 Å². The third-order valence-corrected chi connectivity index (χ3v) is 5.69. The van der Waals surface area contributed by atoms with Crippen LogP contribution < -0.4 is 10.0 Å². The van der Waals surface area contributed by atoms with E-state index in [1.54, 1.807) is 18.2 Å². The highest BCUT2D eigenvalue weighted by atomic mass is 35.5. The zero-order chi connectivity index (χ0) is 17.9. The molecular formula is C15H13Cl3N2O3S. The molecule has 0 aliphatic rings. The van der Waals surface area contributed by atoms with E-state index in [0.717, 1.165) is 0 Å². The first-order valence-corrected chi connectivity index (χ1v) is 9.35. The Morgan fingerprint density at radius 2 is 1.67 bits per heavy atom. The number of carbonyl (C=O) groups excluding carboxylic acids is 1. The van der Waals surface area contributed by atoms with Crippen molar-refractivity contribution in [1.29, 1.82) is 0 Å². The molecule has 0 radical (unpaired) electrons. The smallest absolute Gasteiger partial charge is 0.242 e. The van der Waals surface area contributed by atoms with E-state index in [4.69, 9.17) is 34.8 Å². The van der Waals surface area contributed by atoms with Crippen molar-refractivity contribution in [3.05, 3.63) is 57.5 Å². The van der Waals surface area contributed by atoms with E-state index >= 15 is 0 Å². The Hall–Kier alpha value is -1.31. The maximum atomic E-state index is 12.3. The van der Waals surface area contributed by atoms with E-state index in [-0.39, 0.29) is 14.9 Å². The molecule has 1 amide bonds. The quantitative estimate of drug-likeness (QED) is 0.788. The van der Waals surface area contributed by atoms with Crippen LogP contribution in [0.1, 0.15) is 6.92 Å². The summed E-state index contributed by atoms with van der Waals surface area (Å²) in [5, 5.41) is 3.41. The molecule has 5 nitrogen and oxygen atoms in total. The van der Waals surface area contributed by atoms with Crippen molar-refractivity contribution in [3.8, 4) is 0 Å². The Morgan fingerprint density at radius 3 is 2.29 bits per heavy atom. The Balaban J connectivity index is 2.11. The van der Waals surface area contributed by atoms with Crippen LogP contribution in [0.25, 0.3) is 0 Å². The van der Waals surface area contributed by atoms with Crippen molar-refractivity contribution in [3.63, 3.8) is 0 Å². The van der Waals surface area contributed by atoms with Gasteiger partial charge in [-0.15, -0.1) is 0 Å². The summed E-state index contributed by atoms with van der Waals surface area (Å²) < 4.78 is 26.8. The fourth-order valence-corrected chi connectivity index (χ4v) is 3.49. The van der Waals surface area contributed by atoms with Crippen LogP contribution in [0.2, 0.25) is 15.1 Å². The minimum Gasteiger partial charge on any atom is -0.323 e. The number of halogens is 3. The Morgan fingerprint density at radius 1 is 1.04 bits per heavy atom. The largest absolute Gasteiger partial charge is 0.323 e. The maximum Gasteiger partial charge on any atom is 0.242 e. The molecule has 0 aromatic heterocycles. The lowest BCUT2D eigenvalue weighted by Crippen LogP contribution is -2.41. The van der Waals surface area contributed by atoms with Crippen LogP contribution in [0.3, 0.4) is 0 Å². The molecule has 0 heterocycles. The summed E-state index contributed by atoms with van der Waals surface area (Å²) in [6.07, 6.45) is 0. The highest BCUT2D eigenvalue weighted by Gasteiger charge is 2.22. The van der Waals surface area contributed by atoms with Gasteiger partial charge in [0.25, 0.3) is 0 Å². The molecule has 0 saturated carbocycles. The number of carbonyl (C=O) groups is 1. The number of hydrogen-bond donors (Lipinski definition) is 2. The van der Waals surface area contributed by atoms with Crippen LogP contribution in [0.4, 0.5) is 5.69 Å². The van der Waals surface area contributed by atoms with Gasteiger partial charge in [0.15, 0.2) is 0 Å². The summed E-state index contributed by atoms with van der Waals surface area (Å²) in [6, 6.07) is 9.33. The lowest BCUT2D eigenvalue weighted by molar-refractivity contribution is -0.117. The lowest BCUT2D eigenvalue weighted by Gasteiger charge is -2.15. The van der Waals surface area contributed by atoms with Gasteiger partial charge in [0.2, 0.25) is 15.9 Å². The first kappa shape index (κ1) is 19.0. The third-order valence-electron chi connectivity index (χ3n) is 3.06. The normalized spacial score (nSPS) is 12.7. The highest BCUT2D eigenvalue weighted by molar-refractivity contribution is 7.89. The fourth-order valence-electron chi connectivity index (χ4n) is 1.81. The number of sulfonamides is 1. The lowest BCUT2D eigenvalue weighted by atomic mass is 10.3. The van der Waals surface area contributed by atoms with E-state index in [2.05, 4.69) is 10.0 Å². The molecule has 1 atom stereocenters. The third kappa shape index (κ3) is 4.62. The standard InChI is InChI=1S/C15H13Cl3N2O3S/c1-9(15(21)19-13-4-2-3-12(17)14(13)18)20-24(22,23)11-7-5-10(16)6-8-11/h2-9,20H,1H3,(H,19,21)/t9-/m1/s1. The Kier molecular flexibility index (Phi) is 6.11. The summed E-state index contributed by atoms with van der Waals surface area (Å²) in [4.78, 5) is 12.2. The van der Waals surface area contributed by atoms with Gasteiger partial charge in [-0.05, 0) is 43.3 Å². The molecule has 9 heteroatoms. The van der Waals surface area contributed by atoms with Crippen molar-refractivity contribution in [2.45, 2.75) is 17.9 Å². The number of nitrogens with one attached hydrogen (secondary N) is 2. The van der Waals surface area contributed by atoms with Crippen LogP contribution >= 0.6 is 34.8 Å². The molecule has 0 unspecified atom stereocenters. The molecule has 128 valence electrons. The molecule has 2 N–H and O–H groups in total. The van der Waals surface area contributed by atoms with Crippen molar-refractivity contribution in [1.82, 2.24) is 4.72 Å². The molecule has 0 fully saturated rings. The van der Waals surface area contributed by atoms with Gasteiger partial charge in [0.1, 0.15) is 0 Å². The number of hydrogen-bond acceptors (Lipinski definition) is 3. The number of anilines is 1. The van der Waals surface area contributed by atoms with E-state index < -0.39 is 22.0 Å². The minimum atomic E-state index is -3.86. The van der Waals surface area contributed by atoms with Crippen LogP contribution in [-0.4, -0.2) is 20.4 Å². The summed E-state index contributed by atoms with van der Waals surface area (Å²) in [5.41, 5.74) is 0.298. The van der Waals surface area contributed by atoms with Gasteiger partial charge >= 0.3 is 0 Å². The van der Waals surface area contributed by atoms with Crippen molar-refractivity contribution >= 4 is 56.4 Å².